The minimum Gasteiger partial charge on any atom is -0.236 e. The molecular formula is C16H15N3. The van der Waals surface area contributed by atoms with Crippen LogP contribution in [0.15, 0.2) is 30.3 Å². The van der Waals surface area contributed by atoms with E-state index in [-0.39, 0.29) is 0 Å². The molecule has 0 aliphatic heterocycles. The van der Waals surface area contributed by atoms with Crippen LogP contribution in [-0.4, -0.2) is 9.97 Å². The van der Waals surface area contributed by atoms with Crippen LogP contribution in [0.3, 0.4) is 0 Å². The fourth-order valence-electron chi connectivity index (χ4n) is 2.25. The summed E-state index contributed by atoms with van der Waals surface area (Å²) in [6.45, 7) is 4.02. The van der Waals surface area contributed by atoms with Gasteiger partial charge in [-0.05, 0) is 38.8 Å². The molecule has 3 nitrogen and oxygen atoms in total. The molecule has 0 unspecified atom stereocenters. The smallest absolute Gasteiger partial charge is 0.149 e. The summed E-state index contributed by atoms with van der Waals surface area (Å²) >= 11 is 0. The molecule has 0 spiro atoms. The van der Waals surface area contributed by atoms with Gasteiger partial charge in [0.05, 0.1) is 11.8 Å². The van der Waals surface area contributed by atoms with Gasteiger partial charge in [0, 0.05) is 11.3 Å². The summed E-state index contributed by atoms with van der Waals surface area (Å²) in [4.78, 5) is 9.07. The first kappa shape index (κ1) is 11.9. The van der Waals surface area contributed by atoms with Gasteiger partial charge in [0.1, 0.15) is 11.2 Å². The Labute approximate surface area is 113 Å². The van der Waals surface area contributed by atoms with Crippen molar-refractivity contribution in [1.82, 2.24) is 9.97 Å². The summed E-state index contributed by atoms with van der Waals surface area (Å²) in [5, 5.41) is 9.28. The number of nitrogens with zero attached hydrogens (tertiary/aromatic N) is 3. The molecule has 0 radical (unpaired) electrons. The van der Waals surface area contributed by atoms with Gasteiger partial charge in [-0.3, -0.25) is 0 Å². The van der Waals surface area contributed by atoms with E-state index in [4.69, 9.17) is 0 Å². The van der Waals surface area contributed by atoms with E-state index >= 15 is 0 Å². The van der Waals surface area contributed by atoms with Crippen molar-refractivity contribution in [3.8, 4) is 17.3 Å². The van der Waals surface area contributed by atoms with Crippen molar-refractivity contribution in [3.63, 3.8) is 0 Å². The molecule has 1 aliphatic rings. The highest BCUT2D eigenvalue weighted by Crippen LogP contribution is 2.46. The second-order valence-electron chi connectivity index (χ2n) is 5.28. The Morgan fingerprint density at radius 3 is 2.58 bits per heavy atom. The van der Waals surface area contributed by atoms with Gasteiger partial charge in [-0.15, -0.1) is 0 Å². The molecule has 1 aliphatic carbocycles. The highest BCUT2D eigenvalue weighted by Gasteiger charge is 2.48. The Bertz CT molecular complexity index is 679. The van der Waals surface area contributed by atoms with E-state index in [0.29, 0.717) is 5.82 Å². The van der Waals surface area contributed by atoms with Gasteiger partial charge in [0.15, 0.2) is 0 Å². The van der Waals surface area contributed by atoms with Crippen LogP contribution in [0.2, 0.25) is 0 Å². The quantitative estimate of drug-likeness (QED) is 0.820. The molecule has 1 aromatic heterocycles. The zero-order chi connectivity index (χ0) is 13.5. The molecular weight excluding hydrogens is 234 g/mol. The predicted molar refractivity (Wildman–Crippen MR) is 73.5 cm³/mol. The number of aryl methyl sites for hydroxylation is 2. The zero-order valence-electron chi connectivity index (χ0n) is 11.1. The van der Waals surface area contributed by atoms with E-state index in [2.05, 4.69) is 35.1 Å². The Morgan fingerprint density at radius 2 is 1.95 bits per heavy atom. The van der Waals surface area contributed by atoms with Crippen molar-refractivity contribution in [2.45, 2.75) is 32.1 Å². The third-order valence-corrected chi connectivity index (χ3v) is 3.56. The molecule has 0 saturated heterocycles. The third kappa shape index (κ3) is 2.10. The monoisotopic (exact) mass is 249 g/mol. The molecule has 19 heavy (non-hydrogen) atoms. The molecule has 2 aromatic rings. The lowest BCUT2D eigenvalue weighted by Crippen LogP contribution is -2.10. The standard InChI is InChI=1S/C16H15N3/c1-11-4-3-5-13(8-11)14-9-12(2)18-15(19-14)16(10-17)6-7-16/h3-5,8-9H,6-7H2,1-2H3. The van der Waals surface area contributed by atoms with E-state index in [0.717, 1.165) is 29.8 Å². The molecule has 94 valence electrons. The molecule has 3 heteroatoms. The summed E-state index contributed by atoms with van der Waals surface area (Å²) in [5.41, 5.74) is 3.69. The minimum atomic E-state index is -0.426. The number of aromatic nitrogens is 2. The van der Waals surface area contributed by atoms with E-state index in [1.807, 2.05) is 25.1 Å². The average Bonchev–Trinajstić information content (AvgIpc) is 3.19. The lowest BCUT2D eigenvalue weighted by Gasteiger charge is -2.09. The number of hydrogen-bond donors (Lipinski definition) is 0. The van der Waals surface area contributed by atoms with Gasteiger partial charge in [-0.25, -0.2) is 9.97 Å². The molecule has 1 aromatic carbocycles. The Hall–Kier alpha value is -2.21. The van der Waals surface area contributed by atoms with Crippen LogP contribution in [0.1, 0.15) is 29.9 Å². The van der Waals surface area contributed by atoms with E-state index in [1.165, 1.54) is 5.56 Å². The maximum absolute atomic E-state index is 9.28. The Morgan fingerprint density at radius 1 is 1.16 bits per heavy atom. The number of hydrogen-bond acceptors (Lipinski definition) is 3. The Kier molecular flexibility index (Phi) is 2.60. The van der Waals surface area contributed by atoms with Crippen LogP contribution in [0.4, 0.5) is 0 Å². The van der Waals surface area contributed by atoms with Gasteiger partial charge in [0.2, 0.25) is 0 Å². The summed E-state index contributed by atoms with van der Waals surface area (Å²) in [5.74, 6) is 0.687. The van der Waals surface area contributed by atoms with Crippen molar-refractivity contribution in [3.05, 3.63) is 47.4 Å². The topological polar surface area (TPSA) is 49.6 Å². The Balaban J connectivity index is 2.11. The molecule has 0 atom stereocenters. The molecule has 0 amide bonds. The maximum atomic E-state index is 9.28. The predicted octanol–water partition coefficient (Wildman–Crippen LogP) is 3.32. The van der Waals surface area contributed by atoms with Crippen molar-refractivity contribution in [2.75, 3.05) is 0 Å². The number of nitriles is 1. The normalized spacial score (nSPS) is 15.8. The van der Waals surface area contributed by atoms with E-state index in [1.54, 1.807) is 0 Å². The first-order valence-corrected chi connectivity index (χ1v) is 6.47. The van der Waals surface area contributed by atoms with Crippen molar-refractivity contribution in [1.29, 1.82) is 5.26 Å². The van der Waals surface area contributed by atoms with Gasteiger partial charge in [-0.2, -0.15) is 5.26 Å². The van der Waals surface area contributed by atoms with Crippen molar-refractivity contribution < 1.29 is 0 Å². The van der Waals surface area contributed by atoms with Crippen LogP contribution < -0.4 is 0 Å². The number of benzene rings is 1. The molecule has 0 bridgehead atoms. The maximum Gasteiger partial charge on any atom is 0.149 e. The van der Waals surface area contributed by atoms with E-state index in [9.17, 15) is 5.26 Å². The SMILES string of the molecule is Cc1cccc(-c2cc(C)nc(C3(C#N)CC3)n2)c1. The summed E-state index contributed by atoms with van der Waals surface area (Å²) < 4.78 is 0. The summed E-state index contributed by atoms with van der Waals surface area (Å²) in [6.07, 6.45) is 1.75. The highest BCUT2D eigenvalue weighted by molar-refractivity contribution is 5.60. The number of rotatable bonds is 2. The van der Waals surface area contributed by atoms with Crippen LogP contribution >= 0.6 is 0 Å². The third-order valence-electron chi connectivity index (χ3n) is 3.56. The largest absolute Gasteiger partial charge is 0.236 e. The lowest BCUT2D eigenvalue weighted by molar-refractivity contribution is 0.789. The van der Waals surface area contributed by atoms with Crippen LogP contribution in [0, 0.1) is 25.2 Å². The van der Waals surface area contributed by atoms with Crippen LogP contribution in [0.5, 0.6) is 0 Å². The van der Waals surface area contributed by atoms with Gasteiger partial charge in [-0.1, -0.05) is 23.8 Å². The second kappa shape index (κ2) is 4.17. The lowest BCUT2D eigenvalue weighted by atomic mass is 10.1. The van der Waals surface area contributed by atoms with Gasteiger partial charge in [0.25, 0.3) is 0 Å². The molecule has 3 rings (SSSR count). The van der Waals surface area contributed by atoms with Gasteiger partial charge >= 0.3 is 0 Å². The highest BCUT2D eigenvalue weighted by atomic mass is 14.9. The van der Waals surface area contributed by atoms with Gasteiger partial charge < -0.3 is 0 Å². The summed E-state index contributed by atoms with van der Waals surface area (Å²) in [7, 11) is 0. The first-order valence-electron chi connectivity index (χ1n) is 6.47. The minimum absolute atomic E-state index is 0.426. The zero-order valence-corrected chi connectivity index (χ0v) is 11.1. The van der Waals surface area contributed by atoms with Crippen LogP contribution in [-0.2, 0) is 5.41 Å². The molecule has 1 saturated carbocycles. The van der Waals surface area contributed by atoms with Crippen molar-refractivity contribution >= 4 is 0 Å². The van der Waals surface area contributed by atoms with Crippen molar-refractivity contribution in [2.24, 2.45) is 0 Å². The first-order chi connectivity index (χ1) is 9.13. The molecule has 1 heterocycles. The molecule has 0 N–H and O–H groups in total. The fourth-order valence-corrected chi connectivity index (χ4v) is 2.25. The summed E-state index contributed by atoms with van der Waals surface area (Å²) in [6, 6.07) is 12.6. The fraction of sp³-hybridized carbons (Fsp3) is 0.312. The average molecular weight is 249 g/mol. The van der Waals surface area contributed by atoms with Crippen LogP contribution in [0.25, 0.3) is 11.3 Å². The second-order valence-corrected chi connectivity index (χ2v) is 5.28. The van der Waals surface area contributed by atoms with E-state index < -0.39 is 5.41 Å². The molecule has 1 fully saturated rings.